The SMILES string of the molecule is CCN(C(=O)c1ccc2cc[nH]c2c1)c1ccc(F)cc1. The summed E-state index contributed by atoms with van der Waals surface area (Å²) in [5, 5.41) is 1.07. The molecule has 3 aromatic rings. The Bertz CT molecular complexity index is 777. The lowest BCUT2D eigenvalue weighted by Crippen LogP contribution is -2.30. The molecule has 4 heteroatoms. The summed E-state index contributed by atoms with van der Waals surface area (Å²) in [4.78, 5) is 17.4. The van der Waals surface area contributed by atoms with E-state index >= 15 is 0 Å². The summed E-state index contributed by atoms with van der Waals surface area (Å²) in [6.45, 7) is 2.42. The number of hydrogen-bond donors (Lipinski definition) is 1. The van der Waals surface area contributed by atoms with E-state index in [1.807, 2.05) is 37.4 Å². The third kappa shape index (κ3) is 2.52. The molecule has 1 N–H and O–H groups in total. The Morgan fingerprint density at radius 3 is 2.62 bits per heavy atom. The van der Waals surface area contributed by atoms with Crippen LogP contribution < -0.4 is 4.90 Å². The van der Waals surface area contributed by atoms with Gasteiger partial charge >= 0.3 is 0 Å². The summed E-state index contributed by atoms with van der Waals surface area (Å²) in [5.41, 5.74) is 2.22. The van der Waals surface area contributed by atoms with Gasteiger partial charge in [0.2, 0.25) is 0 Å². The number of benzene rings is 2. The minimum absolute atomic E-state index is 0.0967. The van der Waals surface area contributed by atoms with E-state index in [2.05, 4.69) is 4.98 Å². The van der Waals surface area contributed by atoms with Crippen LogP contribution in [0.1, 0.15) is 17.3 Å². The molecule has 0 unspecified atom stereocenters. The van der Waals surface area contributed by atoms with E-state index in [4.69, 9.17) is 0 Å². The smallest absolute Gasteiger partial charge is 0.258 e. The molecular formula is C17H15FN2O. The number of carbonyl (C=O) groups excluding carboxylic acids is 1. The van der Waals surface area contributed by atoms with Gasteiger partial charge in [-0.25, -0.2) is 4.39 Å². The second kappa shape index (κ2) is 5.40. The molecule has 0 aliphatic heterocycles. The number of rotatable bonds is 3. The fourth-order valence-corrected chi connectivity index (χ4v) is 2.40. The molecule has 0 aliphatic rings. The molecule has 0 aliphatic carbocycles. The highest BCUT2D eigenvalue weighted by Gasteiger charge is 2.16. The highest BCUT2D eigenvalue weighted by molar-refractivity contribution is 6.07. The van der Waals surface area contributed by atoms with Crippen molar-refractivity contribution in [2.24, 2.45) is 0 Å². The van der Waals surface area contributed by atoms with E-state index in [1.165, 1.54) is 12.1 Å². The van der Waals surface area contributed by atoms with Gasteiger partial charge in [0.05, 0.1) is 0 Å². The van der Waals surface area contributed by atoms with Crippen molar-refractivity contribution < 1.29 is 9.18 Å². The van der Waals surface area contributed by atoms with Gasteiger partial charge in [-0.3, -0.25) is 4.79 Å². The number of aromatic nitrogens is 1. The highest BCUT2D eigenvalue weighted by Crippen LogP contribution is 2.20. The van der Waals surface area contributed by atoms with Crippen LogP contribution in [0.15, 0.2) is 54.7 Å². The van der Waals surface area contributed by atoms with Gasteiger partial charge < -0.3 is 9.88 Å². The molecule has 0 radical (unpaired) electrons. The molecule has 0 fully saturated rings. The zero-order valence-corrected chi connectivity index (χ0v) is 11.6. The molecule has 2 aromatic carbocycles. The number of nitrogens with zero attached hydrogens (tertiary/aromatic N) is 1. The average molecular weight is 282 g/mol. The molecule has 1 heterocycles. The Kier molecular flexibility index (Phi) is 3.44. The Morgan fingerprint density at radius 2 is 1.90 bits per heavy atom. The number of amides is 1. The van der Waals surface area contributed by atoms with Crippen molar-refractivity contribution in [1.82, 2.24) is 4.98 Å². The largest absolute Gasteiger partial charge is 0.361 e. The number of fused-ring (bicyclic) bond motifs is 1. The normalized spacial score (nSPS) is 10.8. The van der Waals surface area contributed by atoms with Crippen LogP contribution in [-0.2, 0) is 0 Å². The first-order valence-electron chi connectivity index (χ1n) is 6.83. The second-order valence-corrected chi connectivity index (χ2v) is 4.81. The van der Waals surface area contributed by atoms with Crippen LogP contribution >= 0.6 is 0 Å². The zero-order valence-electron chi connectivity index (χ0n) is 11.6. The molecule has 0 atom stereocenters. The monoisotopic (exact) mass is 282 g/mol. The van der Waals surface area contributed by atoms with Gasteiger partial charge in [-0.2, -0.15) is 0 Å². The van der Waals surface area contributed by atoms with E-state index in [0.717, 1.165) is 10.9 Å². The van der Waals surface area contributed by atoms with Crippen LogP contribution in [0.4, 0.5) is 10.1 Å². The van der Waals surface area contributed by atoms with Crippen molar-refractivity contribution in [2.45, 2.75) is 6.92 Å². The number of carbonyl (C=O) groups is 1. The van der Waals surface area contributed by atoms with Crippen molar-refractivity contribution in [3.8, 4) is 0 Å². The van der Waals surface area contributed by atoms with Crippen molar-refractivity contribution in [1.29, 1.82) is 0 Å². The highest BCUT2D eigenvalue weighted by atomic mass is 19.1. The van der Waals surface area contributed by atoms with Crippen LogP contribution in [0.5, 0.6) is 0 Å². The molecule has 0 spiro atoms. The fraction of sp³-hybridized carbons (Fsp3) is 0.118. The van der Waals surface area contributed by atoms with E-state index < -0.39 is 0 Å². The molecule has 1 aromatic heterocycles. The lowest BCUT2D eigenvalue weighted by atomic mass is 10.1. The van der Waals surface area contributed by atoms with Gasteiger partial charge in [0.25, 0.3) is 5.91 Å². The minimum Gasteiger partial charge on any atom is -0.361 e. The second-order valence-electron chi connectivity index (χ2n) is 4.81. The lowest BCUT2D eigenvalue weighted by Gasteiger charge is -2.21. The third-order valence-corrected chi connectivity index (χ3v) is 3.50. The van der Waals surface area contributed by atoms with Gasteiger partial charge in [0, 0.05) is 29.5 Å². The summed E-state index contributed by atoms with van der Waals surface area (Å²) < 4.78 is 13.0. The Balaban J connectivity index is 1.95. The van der Waals surface area contributed by atoms with E-state index in [0.29, 0.717) is 17.8 Å². The van der Waals surface area contributed by atoms with Gasteiger partial charge in [0.15, 0.2) is 0 Å². The maximum atomic E-state index is 13.0. The molecule has 1 amide bonds. The van der Waals surface area contributed by atoms with E-state index in [9.17, 15) is 9.18 Å². The van der Waals surface area contributed by atoms with Crippen molar-refractivity contribution in [3.05, 3.63) is 66.1 Å². The Morgan fingerprint density at radius 1 is 1.14 bits per heavy atom. The maximum absolute atomic E-state index is 13.0. The van der Waals surface area contributed by atoms with E-state index in [-0.39, 0.29) is 11.7 Å². The van der Waals surface area contributed by atoms with Crippen molar-refractivity contribution in [3.63, 3.8) is 0 Å². The number of H-pyrrole nitrogens is 1. The number of aromatic amines is 1. The first-order chi connectivity index (χ1) is 10.2. The molecule has 3 rings (SSSR count). The third-order valence-electron chi connectivity index (χ3n) is 3.50. The maximum Gasteiger partial charge on any atom is 0.258 e. The summed E-state index contributed by atoms with van der Waals surface area (Å²) in [7, 11) is 0. The molecule has 3 nitrogen and oxygen atoms in total. The molecule has 106 valence electrons. The summed E-state index contributed by atoms with van der Waals surface area (Å²) in [5.74, 6) is -0.407. The standard InChI is InChI=1S/C17H15FN2O/c1-2-20(15-7-5-14(18)6-8-15)17(21)13-4-3-12-9-10-19-16(12)11-13/h3-11,19H,2H2,1H3. The molecular weight excluding hydrogens is 267 g/mol. The minimum atomic E-state index is -0.310. The predicted octanol–water partition coefficient (Wildman–Crippen LogP) is 3.97. The molecule has 0 saturated carbocycles. The first kappa shape index (κ1) is 13.4. The summed E-state index contributed by atoms with van der Waals surface area (Å²) >= 11 is 0. The predicted molar refractivity (Wildman–Crippen MR) is 82.0 cm³/mol. The van der Waals surface area contributed by atoms with Crippen molar-refractivity contribution in [2.75, 3.05) is 11.4 Å². The number of anilines is 1. The number of halogens is 1. The summed E-state index contributed by atoms with van der Waals surface area (Å²) in [6.07, 6.45) is 1.84. The van der Waals surface area contributed by atoms with Gasteiger partial charge in [0.1, 0.15) is 5.82 Å². The van der Waals surface area contributed by atoms with Crippen LogP contribution in [-0.4, -0.2) is 17.4 Å². The summed E-state index contributed by atoms with van der Waals surface area (Å²) in [6, 6.07) is 13.5. The Labute approximate surface area is 122 Å². The van der Waals surface area contributed by atoms with Crippen LogP contribution in [0.3, 0.4) is 0 Å². The zero-order chi connectivity index (χ0) is 14.8. The lowest BCUT2D eigenvalue weighted by molar-refractivity contribution is 0.0988. The fourth-order valence-electron chi connectivity index (χ4n) is 2.40. The number of nitrogens with one attached hydrogen (secondary N) is 1. The topological polar surface area (TPSA) is 36.1 Å². The van der Waals surface area contributed by atoms with E-state index in [1.54, 1.807) is 17.0 Å². The van der Waals surface area contributed by atoms with Crippen LogP contribution in [0.25, 0.3) is 10.9 Å². The average Bonchev–Trinajstić information content (AvgIpc) is 2.97. The first-order valence-corrected chi connectivity index (χ1v) is 6.83. The van der Waals surface area contributed by atoms with Crippen molar-refractivity contribution >= 4 is 22.5 Å². The van der Waals surface area contributed by atoms with Gasteiger partial charge in [-0.05, 0) is 54.8 Å². The van der Waals surface area contributed by atoms with Crippen LogP contribution in [0.2, 0.25) is 0 Å². The molecule has 0 bridgehead atoms. The Hall–Kier alpha value is -2.62. The van der Waals surface area contributed by atoms with Gasteiger partial charge in [-0.1, -0.05) is 6.07 Å². The quantitative estimate of drug-likeness (QED) is 0.775. The van der Waals surface area contributed by atoms with Gasteiger partial charge in [-0.15, -0.1) is 0 Å². The molecule has 0 saturated heterocycles. The van der Waals surface area contributed by atoms with Crippen LogP contribution in [0, 0.1) is 5.82 Å². The number of hydrogen-bond acceptors (Lipinski definition) is 1. The molecule has 21 heavy (non-hydrogen) atoms.